The summed E-state index contributed by atoms with van der Waals surface area (Å²) >= 11 is 0. The van der Waals surface area contributed by atoms with Gasteiger partial charge in [-0.2, -0.15) is 0 Å². The number of hydrogen-bond donors (Lipinski definition) is 4. The zero-order valence-corrected chi connectivity index (χ0v) is 24.3. The van der Waals surface area contributed by atoms with Crippen molar-refractivity contribution < 1.29 is 34.0 Å². The van der Waals surface area contributed by atoms with Crippen LogP contribution in [0.4, 0.5) is 10.1 Å². The Morgan fingerprint density at radius 2 is 1.60 bits per heavy atom. The lowest BCUT2D eigenvalue weighted by Gasteiger charge is -2.20. The van der Waals surface area contributed by atoms with E-state index in [-0.39, 0.29) is 31.2 Å². The summed E-state index contributed by atoms with van der Waals surface area (Å²) in [4.78, 5) is 29.3. The maximum absolute atomic E-state index is 14.2. The number of pyridine rings is 1. The Morgan fingerprint density at radius 3 is 2.19 bits per heavy atom. The van der Waals surface area contributed by atoms with Crippen LogP contribution in [-0.4, -0.2) is 56.1 Å². The number of carboxylic acids is 1. The second-order valence-electron chi connectivity index (χ2n) is 10.6. The second-order valence-corrected chi connectivity index (χ2v) is 10.6. The fraction of sp³-hybridized carbons (Fsp3) is 0.303. The minimum atomic E-state index is -1.20. The van der Waals surface area contributed by atoms with E-state index < -0.39 is 30.4 Å². The molecule has 0 fully saturated rings. The molecule has 1 amide bonds. The number of carbonyl (C=O) groups is 2. The van der Waals surface area contributed by atoms with Gasteiger partial charge in [-0.1, -0.05) is 13.8 Å². The van der Waals surface area contributed by atoms with E-state index in [4.69, 9.17) is 9.84 Å². The molecule has 2 atom stereocenters. The first-order chi connectivity index (χ1) is 20.6. The summed E-state index contributed by atoms with van der Waals surface area (Å²) in [7, 11) is 1.56. The van der Waals surface area contributed by atoms with E-state index in [1.54, 1.807) is 68.0 Å². The van der Waals surface area contributed by atoms with E-state index in [0.717, 1.165) is 5.56 Å². The third kappa shape index (κ3) is 7.65. The zero-order valence-electron chi connectivity index (χ0n) is 24.3. The van der Waals surface area contributed by atoms with Crippen molar-refractivity contribution in [3.63, 3.8) is 0 Å². The van der Waals surface area contributed by atoms with Gasteiger partial charge in [0.05, 0.1) is 37.0 Å². The summed E-state index contributed by atoms with van der Waals surface area (Å²) in [6.07, 6.45) is 0.660. The number of rotatable bonds is 13. The lowest BCUT2D eigenvalue weighted by Crippen LogP contribution is -2.22. The fourth-order valence-corrected chi connectivity index (χ4v) is 5.27. The van der Waals surface area contributed by atoms with Crippen LogP contribution in [0.15, 0.2) is 73.1 Å². The number of carbonyl (C=O) groups excluding carboxylic acids is 1. The average Bonchev–Trinajstić information content (AvgIpc) is 3.32. The molecule has 10 heteroatoms. The number of halogens is 1. The number of carboxylic acid groups (broad SMARTS) is 1. The normalized spacial score (nSPS) is 12.6. The quantitative estimate of drug-likeness (QED) is 0.157. The monoisotopic (exact) mass is 589 g/mol. The molecule has 4 rings (SSSR count). The topological polar surface area (TPSA) is 134 Å². The van der Waals surface area contributed by atoms with Gasteiger partial charge in [-0.15, -0.1) is 0 Å². The molecule has 0 spiro atoms. The van der Waals surface area contributed by atoms with E-state index in [9.17, 15) is 24.2 Å². The Morgan fingerprint density at radius 1 is 0.953 bits per heavy atom. The van der Waals surface area contributed by atoms with Crippen molar-refractivity contribution >= 4 is 17.6 Å². The lowest BCUT2D eigenvalue weighted by molar-refractivity contribution is -0.139. The smallest absolute Gasteiger partial charge is 0.305 e. The summed E-state index contributed by atoms with van der Waals surface area (Å²) < 4.78 is 21.2. The Bertz CT molecular complexity index is 1540. The van der Waals surface area contributed by atoms with Crippen molar-refractivity contribution in [1.82, 2.24) is 9.55 Å². The van der Waals surface area contributed by atoms with Gasteiger partial charge in [0.25, 0.3) is 5.91 Å². The predicted octanol–water partition coefficient (Wildman–Crippen LogP) is 5.72. The van der Waals surface area contributed by atoms with Gasteiger partial charge in [-0.05, 0) is 90.6 Å². The zero-order chi connectivity index (χ0) is 31.1. The van der Waals surface area contributed by atoms with E-state index in [2.05, 4.69) is 10.3 Å². The molecule has 0 saturated carbocycles. The van der Waals surface area contributed by atoms with Crippen molar-refractivity contribution in [3.05, 3.63) is 90.1 Å². The first kappa shape index (κ1) is 31.4. The number of aliphatic hydroxyl groups excluding tert-OH is 2. The largest absolute Gasteiger partial charge is 0.497 e. The van der Waals surface area contributed by atoms with Crippen LogP contribution in [0.25, 0.3) is 22.4 Å². The number of aliphatic hydroxyl groups is 2. The molecule has 43 heavy (non-hydrogen) atoms. The van der Waals surface area contributed by atoms with Crippen LogP contribution in [0, 0.1) is 5.82 Å². The minimum Gasteiger partial charge on any atom is -0.497 e. The fourth-order valence-electron chi connectivity index (χ4n) is 5.27. The number of methoxy groups -OCH3 is 1. The summed E-state index contributed by atoms with van der Waals surface area (Å²) in [5.74, 6) is -1.41. The standard InChI is InChI=1S/C33H36FN3O6/c1-20(2)31-30(33(42)36-24-8-10-27(43-3)11-9-24)29(21-12-15-35-16-13-21)32(22-4-6-23(34)7-5-22)37(31)17-14-25(38)18-26(39)19-28(40)41/h4-13,15-16,20,25-26,38-39H,14,17-19H2,1-3H3,(H,36,42)(H,40,41)/t25-,26-/m1/s1. The molecule has 0 aliphatic heterocycles. The molecule has 9 nitrogen and oxygen atoms in total. The molecule has 2 aromatic heterocycles. The van der Waals surface area contributed by atoms with Gasteiger partial charge in [-0.25, -0.2) is 4.39 Å². The molecular formula is C33H36FN3O6. The molecule has 2 aromatic carbocycles. The second kappa shape index (κ2) is 14.1. The highest BCUT2D eigenvalue weighted by molar-refractivity contribution is 6.12. The van der Waals surface area contributed by atoms with Crippen LogP contribution in [0.5, 0.6) is 5.75 Å². The molecular weight excluding hydrogens is 553 g/mol. The molecule has 0 bridgehead atoms. The van der Waals surface area contributed by atoms with E-state index in [1.807, 2.05) is 18.4 Å². The van der Waals surface area contributed by atoms with Gasteiger partial charge < -0.3 is 29.9 Å². The van der Waals surface area contributed by atoms with E-state index in [0.29, 0.717) is 39.5 Å². The molecule has 0 aliphatic rings. The van der Waals surface area contributed by atoms with Gasteiger partial charge in [-0.3, -0.25) is 14.6 Å². The summed E-state index contributed by atoms with van der Waals surface area (Å²) in [5, 5.41) is 32.8. The number of hydrogen-bond acceptors (Lipinski definition) is 6. The average molecular weight is 590 g/mol. The van der Waals surface area contributed by atoms with Gasteiger partial charge in [0.2, 0.25) is 0 Å². The number of amides is 1. The van der Waals surface area contributed by atoms with Gasteiger partial charge in [0.15, 0.2) is 0 Å². The lowest BCUT2D eigenvalue weighted by atomic mass is 9.95. The summed E-state index contributed by atoms with van der Waals surface area (Å²) in [5.41, 5.74) is 4.38. The molecule has 0 aliphatic carbocycles. The van der Waals surface area contributed by atoms with Crippen molar-refractivity contribution in [2.24, 2.45) is 0 Å². The Balaban J connectivity index is 1.88. The minimum absolute atomic E-state index is 0.113. The van der Waals surface area contributed by atoms with Crippen molar-refractivity contribution in [3.8, 4) is 28.1 Å². The van der Waals surface area contributed by atoms with Crippen molar-refractivity contribution in [2.75, 3.05) is 12.4 Å². The maximum Gasteiger partial charge on any atom is 0.305 e. The predicted molar refractivity (Wildman–Crippen MR) is 162 cm³/mol. The molecule has 0 saturated heterocycles. The highest BCUT2D eigenvalue weighted by atomic mass is 19.1. The first-order valence-electron chi connectivity index (χ1n) is 14.0. The Kier molecular flexibility index (Phi) is 10.3. The van der Waals surface area contributed by atoms with Crippen LogP contribution in [0.3, 0.4) is 0 Å². The van der Waals surface area contributed by atoms with Crippen LogP contribution < -0.4 is 10.1 Å². The van der Waals surface area contributed by atoms with Crippen molar-refractivity contribution in [1.29, 1.82) is 0 Å². The number of aliphatic carboxylic acids is 1. The molecule has 4 N–H and O–H groups in total. The molecule has 226 valence electrons. The molecule has 0 unspecified atom stereocenters. The molecule has 2 heterocycles. The van der Waals surface area contributed by atoms with Gasteiger partial charge in [0.1, 0.15) is 11.6 Å². The van der Waals surface area contributed by atoms with E-state index in [1.165, 1.54) is 12.1 Å². The van der Waals surface area contributed by atoms with Gasteiger partial charge >= 0.3 is 5.97 Å². The number of aromatic nitrogens is 2. The highest BCUT2D eigenvalue weighted by Crippen LogP contribution is 2.42. The van der Waals surface area contributed by atoms with E-state index >= 15 is 0 Å². The highest BCUT2D eigenvalue weighted by Gasteiger charge is 2.31. The van der Waals surface area contributed by atoms with Crippen LogP contribution in [0.1, 0.15) is 55.1 Å². The third-order valence-electron chi connectivity index (χ3n) is 7.15. The summed E-state index contributed by atoms with van der Waals surface area (Å²) in [6.45, 7) is 4.18. The SMILES string of the molecule is COc1ccc(NC(=O)c2c(-c3ccncc3)c(-c3ccc(F)cc3)n(CC[C@@H](O)C[C@@H](O)CC(=O)O)c2C(C)C)cc1. The third-order valence-corrected chi connectivity index (χ3v) is 7.15. The molecule has 4 aromatic rings. The first-order valence-corrected chi connectivity index (χ1v) is 14.0. The summed E-state index contributed by atoms with van der Waals surface area (Å²) in [6, 6.07) is 16.6. The van der Waals surface area contributed by atoms with Crippen LogP contribution in [-0.2, 0) is 11.3 Å². The van der Waals surface area contributed by atoms with Gasteiger partial charge in [0, 0.05) is 35.9 Å². The maximum atomic E-state index is 14.2. The molecule has 0 radical (unpaired) electrons. The number of nitrogens with zero attached hydrogens (tertiary/aromatic N) is 2. The number of nitrogens with one attached hydrogen (secondary N) is 1. The number of anilines is 1. The number of benzene rings is 2. The van der Waals surface area contributed by atoms with Crippen molar-refractivity contribution in [2.45, 2.75) is 57.8 Å². The Labute approximate surface area is 249 Å². The Hall–Kier alpha value is -4.54. The van der Waals surface area contributed by atoms with Crippen LogP contribution >= 0.6 is 0 Å². The van der Waals surface area contributed by atoms with Crippen LogP contribution in [0.2, 0.25) is 0 Å². The number of ether oxygens (including phenoxy) is 1.